The van der Waals surface area contributed by atoms with Crippen molar-refractivity contribution in [3.63, 3.8) is 0 Å². The minimum atomic E-state index is 0.712. The summed E-state index contributed by atoms with van der Waals surface area (Å²) in [6, 6.07) is 0.712. The molecule has 0 aromatic carbocycles. The summed E-state index contributed by atoms with van der Waals surface area (Å²) in [5.74, 6) is 0. The lowest BCUT2D eigenvalue weighted by Crippen LogP contribution is -2.55. The molecule has 2 fully saturated rings. The zero-order valence-electron chi connectivity index (χ0n) is 6.83. The van der Waals surface area contributed by atoms with Crippen LogP contribution in [0.4, 0.5) is 0 Å². The Kier molecular flexibility index (Phi) is 2.11. The Morgan fingerprint density at radius 1 is 1.09 bits per heavy atom. The highest BCUT2D eigenvalue weighted by Gasteiger charge is 2.27. The second-order valence-electron chi connectivity index (χ2n) is 3.35. The van der Waals surface area contributed by atoms with E-state index in [1.165, 1.54) is 0 Å². The van der Waals surface area contributed by atoms with Crippen LogP contribution in [-0.2, 0) is 4.74 Å². The van der Waals surface area contributed by atoms with Crippen molar-refractivity contribution in [3.05, 3.63) is 7.05 Å². The molecule has 3 nitrogen and oxygen atoms in total. The normalized spacial score (nSPS) is 30.3. The predicted molar refractivity (Wildman–Crippen MR) is 43.1 cm³/mol. The van der Waals surface area contributed by atoms with Crippen LogP contribution in [0, 0.1) is 7.05 Å². The summed E-state index contributed by atoms with van der Waals surface area (Å²) in [4.78, 5) is 4.64. The average molecular weight is 155 g/mol. The first kappa shape index (κ1) is 7.53. The molecule has 0 saturated carbocycles. The maximum Gasteiger partial charge on any atom is 0.0645 e. The van der Waals surface area contributed by atoms with Crippen molar-refractivity contribution >= 4 is 0 Å². The highest BCUT2D eigenvalue weighted by molar-refractivity contribution is 4.81. The Balaban J connectivity index is 1.77. The molecule has 0 aliphatic carbocycles. The van der Waals surface area contributed by atoms with E-state index < -0.39 is 0 Å². The Morgan fingerprint density at radius 2 is 1.73 bits per heavy atom. The van der Waals surface area contributed by atoms with Gasteiger partial charge in [-0.15, -0.1) is 0 Å². The van der Waals surface area contributed by atoms with Crippen LogP contribution in [0.25, 0.3) is 0 Å². The lowest BCUT2D eigenvalue weighted by atomic mass is 10.2. The standard InChI is InChI=1S/C8H15N2O/c1-9-2-4-10(5-3-9)8-6-11-7-8/h8H,1-7H2. The van der Waals surface area contributed by atoms with Crippen molar-refractivity contribution < 1.29 is 4.74 Å². The van der Waals surface area contributed by atoms with Crippen molar-refractivity contribution in [1.82, 2.24) is 9.80 Å². The van der Waals surface area contributed by atoms with Crippen LogP contribution in [0.5, 0.6) is 0 Å². The Morgan fingerprint density at radius 3 is 2.18 bits per heavy atom. The molecule has 3 heteroatoms. The Bertz CT molecular complexity index is 128. The van der Waals surface area contributed by atoms with E-state index in [2.05, 4.69) is 16.8 Å². The molecule has 2 rings (SSSR count). The molecular formula is C8H15N2O. The maximum absolute atomic E-state index is 5.14. The number of nitrogens with zero attached hydrogens (tertiary/aromatic N) is 2. The van der Waals surface area contributed by atoms with Crippen molar-refractivity contribution in [2.75, 3.05) is 39.4 Å². The highest BCUT2D eigenvalue weighted by Crippen LogP contribution is 2.12. The minimum Gasteiger partial charge on any atom is -0.378 e. The molecule has 0 atom stereocenters. The summed E-state index contributed by atoms with van der Waals surface area (Å²) in [7, 11) is 3.91. The Labute approximate surface area is 67.9 Å². The molecule has 0 aromatic heterocycles. The fourth-order valence-corrected chi connectivity index (χ4v) is 1.56. The van der Waals surface area contributed by atoms with E-state index in [1.54, 1.807) is 0 Å². The summed E-state index contributed by atoms with van der Waals surface area (Å²) in [5, 5.41) is 0. The van der Waals surface area contributed by atoms with Crippen LogP contribution in [0.3, 0.4) is 0 Å². The van der Waals surface area contributed by atoms with Crippen molar-refractivity contribution in [2.45, 2.75) is 6.04 Å². The molecule has 0 N–H and O–H groups in total. The molecule has 0 amide bonds. The van der Waals surface area contributed by atoms with Gasteiger partial charge in [0.25, 0.3) is 0 Å². The molecular weight excluding hydrogens is 140 g/mol. The molecule has 1 radical (unpaired) electrons. The molecule has 11 heavy (non-hydrogen) atoms. The van der Waals surface area contributed by atoms with Crippen LogP contribution < -0.4 is 0 Å². The number of hydrogen-bond donors (Lipinski definition) is 0. The third-order valence-corrected chi connectivity index (χ3v) is 2.54. The third-order valence-electron chi connectivity index (χ3n) is 2.54. The molecule has 0 bridgehead atoms. The molecule has 0 spiro atoms. The number of rotatable bonds is 1. The summed E-state index contributed by atoms with van der Waals surface area (Å²) < 4.78 is 5.14. The number of hydrogen-bond acceptors (Lipinski definition) is 3. The molecule has 2 aliphatic heterocycles. The summed E-state index contributed by atoms with van der Waals surface area (Å²) in [6.45, 7) is 6.43. The second-order valence-corrected chi connectivity index (χ2v) is 3.35. The van der Waals surface area contributed by atoms with Crippen LogP contribution in [0.1, 0.15) is 0 Å². The van der Waals surface area contributed by atoms with E-state index in [0.29, 0.717) is 6.04 Å². The van der Waals surface area contributed by atoms with E-state index in [1.807, 2.05) is 0 Å². The van der Waals surface area contributed by atoms with E-state index in [0.717, 1.165) is 39.4 Å². The monoisotopic (exact) mass is 155 g/mol. The predicted octanol–water partition coefficient (Wildman–Crippen LogP) is -0.206. The number of piperazine rings is 1. The lowest BCUT2D eigenvalue weighted by molar-refractivity contribution is -0.0742. The molecule has 0 unspecified atom stereocenters. The molecule has 2 saturated heterocycles. The molecule has 2 heterocycles. The van der Waals surface area contributed by atoms with E-state index >= 15 is 0 Å². The zero-order chi connectivity index (χ0) is 7.68. The van der Waals surface area contributed by atoms with Gasteiger partial charge in [-0.1, -0.05) is 0 Å². The summed E-state index contributed by atoms with van der Waals surface area (Å²) >= 11 is 0. The van der Waals surface area contributed by atoms with Gasteiger partial charge in [0, 0.05) is 33.2 Å². The topological polar surface area (TPSA) is 15.7 Å². The van der Waals surface area contributed by atoms with Gasteiger partial charge in [-0.25, -0.2) is 0 Å². The molecule has 0 aromatic rings. The van der Waals surface area contributed by atoms with E-state index in [-0.39, 0.29) is 0 Å². The minimum absolute atomic E-state index is 0.712. The van der Waals surface area contributed by atoms with Gasteiger partial charge in [-0.2, -0.15) is 0 Å². The second kappa shape index (κ2) is 3.09. The molecule has 2 aliphatic rings. The maximum atomic E-state index is 5.14. The quantitative estimate of drug-likeness (QED) is 0.521. The largest absolute Gasteiger partial charge is 0.378 e. The van der Waals surface area contributed by atoms with Crippen LogP contribution in [0.2, 0.25) is 0 Å². The van der Waals surface area contributed by atoms with Gasteiger partial charge in [0.15, 0.2) is 0 Å². The van der Waals surface area contributed by atoms with Crippen LogP contribution >= 0.6 is 0 Å². The van der Waals surface area contributed by atoms with E-state index in [9.17, 15) is 0 Å². The van der Waals surface area contributed by atoms with Gasteiger partial charge in [-0.3, -0.25) is 9.80 Å². The Hall–Kier alpha value is -0.120. The van der Waals surface area contributed by atoms with E-state index in [4.69, 9.17) is 4.74 Å². The first-order valence-corrected chi connectivity index (χ1v) is 4.23. The number of ether oxygens (including phenoxy) is 1. The molecule has 63 valence electrons. The fourth-order valence-electron chi connectivity index (χ4n) is 1.56. The van der Waals surface area contributed by atoms with Gasteiger partial charge < -0.3 is 4.74 Å². The van der Waals surface area contributed by atoms with Gasteiger partial charge in [0.2, 0.25) is 0 Å². The van der Waals surface area contributed by atoms with Crippen molar-refractivity contribution in [2.24, 2.45) is 0 Å². The third kappa shape index (κ3) is 1.55. The SMILES string of the molecule is [CH2]N1CCN(C2COC2)CC1. The van der Waals surface area contributed by atoms with Gasteiger partial charge in [0.1, 0.15) is 0 Å². The summed E-state index contributed by atoms with van der Waals surface area (Å²) in [6.07, 6.45) is 0. The van der Waals surface area contributed by atoms with Crippen molar-refractivity contribution in [3.8, 4) is 0 Å². The van der Waals surface area contributed by atoms with Gasteiger partial charge in [-0.05, 0) is 0 Å². The first-order chi connectivity index (χ1) is 5.36. The van der Waals surface area contributed by atoms with Crippen molar-refractivity contribution in [1.29, 1.82) is 0 Å². The zero-order valence-corrected chi connectivity index (χ0v) is 6.83. The first-order valence-electron chi connectivity index (χ1n) is 4.23. The highest BCUT2D eigenvalue weighted by atomic mass is 16.5. The van der Waals surface area contributed by atoms with Crippen LogP contribution in [0.15, 0.2) is 0 Å². The smallest absolute Gasteiger partial charge is 0.0645 e. The average Bonchev–Trinajstić information content (AvgIpc) is 1.90. The lowest BCUT2D eigenvalue weighted by Gasteiger charge is -2.41. The van der Waals surface area contributed by atoms with Gasteiger partial charge >= 0.3 is 0 Å². The van der Waals surface area contributed by atoms with Crippen LogP contribution in [-0.4, -0.2) is 55.2 Å². The summed E-state index contributed by atoms with van der Waals surface area (Å²) in [5.41, 5.74) is 0. The fraction of sp³-hybridized carbons (Fsp3) is 0.875. The van der Waals surface area contributed by atoms with Gasteiger partial charge in [0.05, 0.1) is 19.3 Å².